The molecule has 0 aliphatic rings. The standard InChI is InChI=1S/C11H15BO6S/c1-17-10-6-8(7-12)2-3-9(10)11(13)18-4-5-19(14,15)16/h2-3,6H,4-5,7,12H2,1H3,(H,14,15,16). The topological polar surface area (TPSA) is 89.9 Å². The molecule has 0 heterocycles. The molecular formula is C11H15BO6S. The van der Waals surface area contributed by atoms with E-state index in [2.05, 4.69) is 0 Å². The van der Waals surface area contributed by atoms with Crippen LogP contribution in [0.1, 0.15) is 15.9 Å². The molecule has 104 valence electrons. The van der Waals surface area contributed by atoms with E-state index in [-0.39, 0.29) is 5.56 Å². The van der Waals surface area contributed by atoms with Gasteiger partial charge in [0.05, 0.1) is 7.11 Å². The number of rotatable bonds is 6. The molecule has 0 amide bonds. The summed E-state index contributed by atoms with van der Waals surface area (Å²) in [5.41, 5.74) is 1.22. The van der Waals surface area contributed by atoms with E-state index in [1.165, 1.54) is 7.11 Å². The molecule has 0 aliphatic heterocycles. The van der Waals surface area contributed by atoms with Gasteiger partial charge in [0.25, 0.3) is 10.1 Å². The van der Waals surface area contributed by atoms with Crippen molar-refractivity contribution in [3.05, 3.63) is 29.3 Å². The maximum Gasteiger partial charge on any atom is 0.341 e. The predicted molar refractivity (Wildman–Crippen MR) is 71.9 cm³/mol. The zero-order valence-corrected chi connectivity index (χ0v) is 11.6. The van der Waals surface area contributed by atoms with Crippen molar-refractivity contribution in [2.75, 3.05) is 19.5 Å². The van der Waals surface area contributed by atoms with Crippen molar-refractivity contribution in [3.63, 3.8) is 0 Å². The molecule has 0 aliphatic carbocycles. The summed E-state index contributed by atoms with van der Waals surface area (Å²) >= 11 is 0. The fourth-order valence-electron chi connectivity index (χ4n) is 1.44. The smallest absolute Gasteiger partial charge is 0.341 e. The van der Waals surface area contributed by atoms with Crippen molar-refractivity contribution in [1.29, 1.82) is 0 Å². The highest BCUT2D eigenvalue weighted by atomic mass is 32.2. The number of carbonyl (C=O) groups excluding carboxylic acids is 1. The first-order valence-electron chi connectivity index (χ1n) is 5.66. The maximum atomic E-state index is 11.7. The molecule has 1 N–H and O–H groups in total. The summed E-state index contributed by atoms with van der Waals surface area (Å²) in [4.78, 5) is 11.7. The molecule has 1 aromatic rings. The first-order valence-corrected chi connectivity index (χ1v) is 7.27. The molecule has 0 fully saturated rings. The Balaban J connectivity index is 2.76. The largest absolute Gasteiger partial charge is 0.496 e. The minimum Gasteiger partial charge on any atom is -0.496 e. The summed E-state index contributed by atoms with van der Waals surface area (Å²) < 4.78 is 39.4. The van der Waals surface area contributed by atoms with E-state index in [0.29, 0.717) is 5.75 Å². The van der Waals surface area contributed by atoms with Crippen LogP contribution in [0.5, 0.6) is 5.75 Å². The molecule has 1 aromatic carbocycles. The Morgan fingerprint density at radius 3 is 2.63 bits per heavy atom. The van der Waals surface area contributed by atoms with Gasteiger partial charge in [0.2, 0.25) is 0 Å². The number of carbonyl (C=O) groups is 1. The highest BCUT2D eigenvalue weighted by Crippen LogP contribution is 2.21. The SMILES string of the molecule is BCc1ccc(C(=O)OCCS(=O)(=O)O)c(OC)c1. The van der Waals surface area contributed by atoms with E-state index in [1.807, 2.05) is 7.85 Å². The van der Waals surface area contributed by atoms with E-state index in [9.17, 15) is 13.2 Å². The van der Waals surface area contributed by atoms with Gasteiger partial charge in [-0.25, -0.2) is 4.79 Å². The third-order valence-corrected chi connectivity index (χ3v) is 3.15. The van der Waals surface area contributed by atoms with E-state index in [4.69, 9.17) is 14.0 Å². The Labute approximate surface area is 112 Å². The number of hydrogen-bond acceptors (Lipinski definition) is 5. The van der Waals surface area contributed by atoms with Crippen LogP contribution in [0.4, 0.5) is 0 Å². The minimum absolute atomic E-state index is 0.218. The average Bonchev–Trinajstić information content (AvgIpc) is 2.36. The number of benzene rings is 1. The second-order valence-electron chi connectivity index (χ2n) is 3.81. The average molecular weight is 286 g/mol. The number of hydrogen-bond donors (Lipinski definition) is 1. The van der Waals surface area contributed by atoms with Crippen LogP contribution in [0.15, 0.2) is 18.2 Å². The minimum atomic E-state index is -4.14. The van der Waals surface area contributed by atoms with Crippen LogP contribution in [0, 0.1) is 0 Å². The lowest BCUT2D eigenvalue weighted by Crippen LogP contribution is -2.15. The number of ether oxygens (including phenoxy) is 2. The van der Waals surface area contributed by atoms with Gasteiger partial charge in [-0.3, -0.25) is 4.55 Å². The molecule has 0 unspecified atom stereocenters. The Kier molecular flexibility index (Phi) is 5.37. The Hall–Kier alpha value is -1.54. The van der Waals surface area contributed by atoms with Crippen molar-refractivity contribution in [3.8, 4) is 5.75 Å². The van der Waals surface area contributed by atoms with E-state index in [0.717, 1.165) is 11.9 Å². The van der Waals surface area contributed by atoms with Gasteiger partial charge in [0.1, 0.15) is 31.5 Å². The molecule has 0 saturated carbocycles. The molecule has 0 spiro atoms. The third-order valence-electron chi connectivity index (χ3n) is 2.47. The molecule has 8 heteroatoms. The second kappa shape index (κ2) is 6.58. The van der Waals surface area contributed by atoms with Gasteiger partial charge >= 0.3 is 5.97 Å². The fourth-order valence-corrected chi connectivity index (χ4v) is 1.74. The van der Waals surface area contributed by atoms with Gasteiger partial charge in [-0.15, -0.1) is 0 Å². The molecule has 0 radical (unpaired) electrons. The van der Waals surface area contributed by atoms with Crippen LogP contribution in [0.3, 0.4) is 0 Å². The first-order chi connectivity index (χ1) is 8.87. The lowest BCUT2D eigenvalue weighted by atomic mass is 9.96. The summed E-state index contributed by atoms with van der Waals surface area (Å²) in [5, 5.41) is 0. The van der Waals surface area contributed by atoms with Crippen LogP contribution in [-0.2, 0) is 21.2 Å². The lowest BCUT2D eigenvalue weighted by Gasteiger charge is -2.09. The van der Waals surface area contributed by atoms with Crippen LogP contribution in [0.2, 0.25) is 0 Å². The van der Waals surface area contributed by atoms with Gasteiger partial charge in [-0.05, 0) is 12.1 Å². The monoisotopic (exact) mass is 286 g/mol. The van der Waals surface area contributed by atoms with Crippen molar-refractivity contribution in [2.24, 2.45) is 0 Å². The van der Waals surface area contributed by atoms with Gasteiger partial charge in [-0.2, -0.15) is 8.42 Å². The molecule has 0 atom stereocenters. The second-order valence-corrected chi connectivity index (χ2v) is 5.38. The fraction of sp³-hybridized carbons (Fsp3) is 0.364. The highest BCUT2D eigenvalue weighted by molar-refractivity contribution is 7.85. The van der Waals surface area contributed by atoms with Crippen molar-refractivity contribution in [2.45, 2.75) is 6.32 Å². The Morgan fingerprint density at radius 2 is 2.11 bits per heavy atom. The van der Waals surface area contributed by atoms with Crippen LogP contribution >= 0.6 is 0 Å². The Morgan fingerprint density at radius 1 is 1.42 bits per heavy atom. The van der Waals surface area contributed by atoms with Crippen LogP contribution in [-0.4, -0.2) is 46.3 Å². The van der Waals surface area contributed by atoms with Gasteiger partial charge in [-0.1, -0.05) is 17.9 Å². The molecule has 6 nitrogen and oxygen atoms in total. The highest BCUT2D eigenvalue weighted by Gasteiger charge is 2.15. The normalized spacial score (nSPS) is 11.1. The Bertz CT molecular complexity index is 554. The number of esters is 1. The van der Waals surface area contributed by atoms with Crippen molar-refractivity contribution >= 4 is 23.9 Å². The van der Waals surface area contributed by atoms with Crippen molar-refractivity contribution in [1.82, 2.24) is 0 Å². The third kappa shape index (κ3) is 4.92. The van der Waals surface area contributed by atoms with Gasteiger partial charge in [0.15, 0.2) is 0 Å². The molecular weight excluding hydrogens is 271 g/mol. The van der Waals surface area contributed by atoms with E-state index >= 15 is 0 Å². The van der Waals surface area contributed by atoms with E-state index < -0.39 is 28.4 Å². The van der Waals surface area contributed by atoms with Gasteiger partial charge in [0, 0.05) is 0 Å². The lowest BCUT2D eigenvalue weighted by molar-refractivity contribution is 0.0524. The zero-order chi connectivity index (χ0) is 14.5. The summed E-state index contributed by atoms with van der Waals surface area (Å²) in [6.45, 7) is -0.406. The molecule has 0 saturated heterocycles. The zero-order valence-electron chi connectivity index (χ0n) is 10.8. The summed E-state index contributed by atoms with van der Waals surface area (Å²) in [5.74, 6) is -0.951. The predicted octanol–water partition coefficient (Wildman–Crippen LogP) is -0.127. The molecule has 1 rings (SSSR count). The summed E-state index contributed by atoms with van der Waals surface area (Å²) in [7, 11) is -0.731. The van der Waals surface area contributed by atoms with Crippen LogP contribution < -0.4 is 4.74 Å². The molecule has 0 bridgehead atoms. The maximum absolute atomic E-state index is 11.7. The molecule has 0 aromatic heterocycles. The number of methoxy groups -OCH3 is 1. The summed E-state index contributed by atoms with van der Waals surface area (Å²) in [6, 6.07) is 5.05. The van der Waals surface area contributed by atoms with Gasteiger partial charge < -0.3 is 9.47 Å². The van der Waals surface area contributed by atoms with Crippen LogP contribution in [0.25, 0.3) is 0 Å². The summed E-state index contributed by atoms with van der Waals surface area (Å²) in [6.07, 6.45) is 0.800. The molecule has 19 heavy (non-hydrogen) atoms. The quantitative estimate of drug-likeness (QED) is 0.445. The van der Waals surface area contributed by atoms with Crippen molar-refractivity contribution < 1.29 is 27.2 Å². The first kappa shape index (κ1) is 15.5. The van der Waals surface area contributed by atoms with E-state index in [1.54, 1.807) is 18.2 Å².